The van der Waals surface area contributed by atoms with Crippen molar-refractivity contribution in [1.82, 2.24) is 20.1 Å². The van der Waals surface area contributed by atoms with Crippen LogP contribution in [0.3, 0.4) is 0 Å². The number of halogens is 2. The first-order valence-corrected chi connectivity index (χ1v) is 16.5. The molecule has 9 nitrogen and oxygen atoms in total. The third-order valence-electron chi connectivity index (χ3n) is 8.52. The van der Waals surface area contributed by atoms with E-state index in [2.05, 4.69) is 32.1 Å². The van der Waals surface area contributed by atoms with E-state index in [0.717, 1.165) is 67.7 Å². The second kappa shape index (κ2) is 17.5. The van der Waals surface area contributed by atoms with Gasteiger partial charge in [-0.15, -0.1) is 0 Å². The second-order valence-corrected chi connectivity index (χ2v) is 12.6. The number of amides is 1. The van der Waals surface area contributed by atoms with E-state index < -0.39 is 0 Å². The summed E-state index contributed by atoms with van der Waals surface area (Å²) in [6.45, 7) is 7.85. The molecule has 1 atom stereocenters. The van der Waals surface area contributed by atoms with E-state index in [4.69, 9.17) is 34.7 Å². The summed E-state index contributed by atoms with van der Waals surface area (Å²) in [5, 5.41) is 4.30. The molecule has 1 aromatic carbocycles. The second-order valence-electron chi connectivity index (χ2n) is 11.8. The minimum absolute atomic E-state index is 0.0545. The highest BCUT2D eigenvalue weighted by atomic mass is 35.5. The Bertz CT molecular complexity index is 1390. The van der Waals surface area contributed by atoms with Gasteiger partial charge in [0.15, 0.2) is 0 Å². The van der Waals surface area contributed by atoms with Crippen LogP contribution in [-0.4, -0.2) is 86.1 Å². The number of likely N-dealkylation sites (tertiary alicyclic amines) is 1. The summed E-state index contributed by atoms with van der Waals surface area (Å²) in [6.07, 6.45) is 14.8. The Hall–Kier alpha value is -3.24. The standard InChI is InChI=1S/C34H46Cl2N8O/c1-24(32-29(35)21-41-22-30(32)36)18-25-7-8-31(37)28(19-25)33(38)27-6-3-4-14-44(17-12-40-23-42-20-27)34(45)26-9-15-43(16-10-26)13-5-11-39-2/h3,6-8,19-24,26,39H,4-5,9-18,37-38H2,1-2H3/b6-3-,33-27+,40-23?,42-20?/t24-/m0/s1. The summed E-state index contributed by atoms with van der Waals surface area (Å²) in [5.41, 5.74) is 17.6. The van der Waals surface area contributed by atoms with Gasteiger partial charge in [-0.1, -0.05) is 48.3 Å². The Morgan fingerprint density at radius 3 is 2.62 bits per heavy atom. The number of nitrogens with zero attached hydrogens (tertiary/aromatic N) is 5. The third kappa shape index (κ3) is 9.87. The number of nitrogens with two attached hydrogens (primary N) is 2. The molecule has 242 valence electrons. The Morgan fingerprint density at radius 1 is 1.13 bits per heavy atom. The summed E-state index contributed by atoms with van der Waals surface area (Å²) in [6, 6.07) is 5.87. The highest BCUT2D eigenvalue weighted by Gasteiger charge is 2.28. The Kier molecular flexibility index (Phi) is 13.4. The topological polar surface area (TPSA) is 125 Å². The predicted molar refractivity (Wildman–Crippen MR) is 188 cm³/mol. The summed E-state index contributed by atoms with van der Waals surface area (Å²) < 4.78 is 0. The van der Waals surface area contributed by atoms with Gasteiger partial charge in [-0.05, 0) is 94.5 Å². The summed E-state index contributed by atoms with van der Waals surface area (Å²) in [5.74, 6) is 0.357. The number of nitrogen functional groups attached to an aromatic ring is 1. The first-order valence-electron chi connectivity index (χ1n) is 15.8. The van der Waals surface area contributed by atoms with Crippen molar-refractivity contribution in [1.29, 1.82) is 0 Å². The summed E-state index contributed by atoms with van der Waals surface area (Å²) in [4.78, 5) is 30.8. The van der Waals surface area contributed by atoms with Gasteiger partial charge in [-0.25, -0.2) is 4.99 Å². The quantitative estimate of drug-likeness (QED) is 0.253. The van der Waals surface area contributed by atoms with Crippen LogP contribution in [0.4, 0.5) is 5.69 Å². The molecule has 0 saturated carbocycles. The number of piperidine rings is 1. The molecule has 0 unspecified atom stereocenters. The number of pyridine rings is 1. The van der Waals surface area contributed by atoms with Crippen molar-refractivity contribution in [3.05, 3.63) is 75.1 Å². The molecule has 0 radical (unpaired) electrons. The lowest BCUT2D eigenvalue weighted by atomic mass is 9.92. The predicted octanol–water partition coefficient (Wildman–Crippen LogP) is 5.20. The molecule has 0 spiro atoms. The maximum atomic E-state index is 13.5. The van der Waals surface area contributed by atoms with Crippen molar-refractivity contribution in [2.45, 2.75) is 44.9 Å². The number of benzene rings is 1. The van der Waals surface area contributed by atoms with E-state index in [0.29, 0.717) is 53.9 Å². The average molecular weight is 654 g/mol. The summed E-state index contributed by atoms with van der Waals surface area (Å²) in [7, 11) is 1.98. The van der Waals surface area contributed by atoms with E-state index in [-0.39, 0.29) is 17.7 Å². The molecule has 11 heteroatoms. The zero-order chi connectivity index (χ0) is 32.2. The van der Waals surface area contributed by atoms with Crippen molar-refractivity contribution in [2.75, 3.05) is 58.6 Å². The molecule has 5 N–H and O–H groups in total. The first-order chi connectivity index (χ1) is 21.8. The fraction of sp³-hybridized carbons (Fsp3) is 0.471. The molecule has 0 aliphatic carbocycles. The number of nitrogens with one attached hydrogen (secondary N) is 1. The van der Waals surface area contributed by atoms with Crippen molar-refractivity contribution < 1.29 is 4.79 Å². The minimum Gasteiger partial charge on any atom is -0.398 e. The SMILES string of the molecule is CNCCCN1CCC(C(=O)N2CC/C=C\C(=C(/N)c3cc(C[C@H](C)c4c(Cl)cncc4Cl)ccc3N)C=NC=NCC2)CC1. The molecule has 0 bridgehead atoms. The Balaban J connectivity index is 1.45. The molecule has 2 aliphatic heterocycles. The van der Waals surface area contributed by atoms with Crippen LogP contribution in [0, 0.1) is 5.92 Å². The minimum atomic E-state index is 0.0545. The normalized spacial score (nSPS) is 19.5. The van der Waals surface area contributed by atoms with Crippen LogP contribution in [0.2, 0.25) is 10.0 Å². The molecular weight excluding hydrogens is 607 g/mol. The number of rotatable bonds is 9. The van der Waals surface area contributed by atoms with Gasteiger partial charge in [0.25, 0.3) is 0 Å². The van der Waals surface area contributed by atoms with E-state index in [1.54, 1.807) is 18.6 Å². The molecule has 2 aliphatic rings. The van der Waals surface area contributed by atoms with Gasteiger partial charge in [-0.2, -0.15) is 0 Å². The molecule has 1 saturated heterocycles. The third-order valence-corrected chi connectivity index (χ3v) is 9.12. The number of carbonyl (C=O) groups is 1. The molecular formula is C34H46Cl2N8O. The molecule has 4 rings (SSSR count). The molecule has 45 heavy (non-hydrogen) atoms. The lowest BCUT2D eigenvalue weighted by Crippen LogP contribution is -2.44. The van der Waals surface area contributed by atoms with Gasteiger partial charge >= 0.3 is 0 Å². The first kappa shape index (κ1) is 34.6. The van der Waals surface area contributed by atoms with Crippen molar-refractivity contribution in [2.24, 2.45) is 21.6 Å². The van der Waals surface area contributed by atoms with Gasteiger partial charge in [0, 0.05) is 60.1 Å². The summed E-state index contributed by atoms with van der Waals surface area (Å²) >= 11 is 12.8. The molecule has 2 aromatic rings. The van der Waals surface area contributed by atoms with Crippen LogP contribution < -0.4 is 16.8 Å². The highest BCUT2D eigenvalue weighted by Crippen LogP contribution is 2.33. The maximum Gasteiger partial charge on any atom is 0.225 e. The number of hydrogen-bond donors (Lipinski definition) is 3. The lowest BCUT2D eigenvalue weighted by Gasteiger charge is -2.34. The van der Waals surface area contributed by atoms with Crippen LogP contribution in [0.25, 0.3) is 5.70 Å². The van der Waals surface area contributed by atoms with Gasteiger partial charge in [0.05, 0.1) is 16.6 Å². The Labute approximate surface area is 277 Å². The number of carbonyl (C=O) groups excluding carboxylic acids is 1. The largest absolute Gasteiger partial charge is 0.398 e. The number of aromatic nitrogens is 1. The fourth-order valence-corrected chi connectivity index (χ4v) is 6.72. The van der Waals surface area contributed by atoms with E-state index in [9.17, 15) is 4.79 Å². The zero-order valence-corrected chi connectivity index (χ0v) is 27.9. The molecule has 1 amide bonds. The number of hydrogen-bond acceptors (Lipinski definition) is 8. The zero-order valence-electron chi connectivity index (χ0n) is 26.4. The van der Waals surface area contributed by atoms with Crippen molar-refractivity contribution in [3.8, 4) is 0 Å². The number of aliphatic imine (C=N–C) groups is 2. The van der Waals surface area contributed by atoms with Gasteiger partial charge in [0.1, 0.15) is 6.34 Å². The van der Waals surface area contributed by atoms with E-state index in [1.807, 2.05) is 42.3 Å². The smallest absolute Gasteiger partial charge is 0.225 e. The van der Waals surface area contributed by atoms with Gasteiger partial charge in [0.2, 0.25) is 5.91 Å². The van der Waals surface area contributed by atoms with E-state index >= 15 is 0 Å². The van der Waals surface area contributed by atoms with Gasteiger partial charge in [-0.3, -0.25) is 14.8 Å². The van der Waals surface area contributed by atoms with Gasteiger partial charge < -0.3 is 26.6 Å². The Morgan fingerprint density at radius 2 is 1.89 bits per heavy atom. The molecule has 3 heterocycles. The lowest BCUT2D eigenvalue weighted by molar-refractivity contribution is -0.137. The molecule has 1 aromatic heterocycles. The highest BCUT2D eigenvalue weighted by molar-refractivity contribution is 6.35. The number of allylic oxidation sites excluding steroid dienone is 2. The van der Waals surface area contributed by atoms with Crippen LogP contribution in [0.15, 0.2) is 58.3 Å². The fourth-order valence-electron chi connectivity index (χ4n) is 5.98. The van der Waals surface area contributed by atoms with Crippen LogP contribution in [0.5, 0.6) is 0 Å². The molecule has 1 fully saturated rings. The van der Waals surface area contributed by atoms with Crippen LogP contribution in [-0.2, 0) is 11.2 Å². The van der Waals surface area contributed by atoms with Crippen LogP contribution in [0.1, 0.15) is 55.2 Å². The number of anilines is 1. The average Bonchev–Trinajstić information content (AvgIpc) is 3.02. The maximum absolute atomic E-state index is 13.5. The van der Waals surface area contributed by atoms with Crippen molar-refractivity contribution >= 4 is 53.0 Å². The van der Waals surface area contributed by atoms with Crippen molar-refractivity contribution in [3.63, 3.8) is 0 Å². The van der Waals surface area contributed by atoms with Crippen LogP contribution >= 0.6 is 23.2 Å². The monoisotopic (exact) mass is 652 g/mol. The van der Waals surface area contributed by atoms with E-state index in [1.165, 1.54) is 6.34 Å².